The minimum atomic E-state index is -0.974. The lowest BCUT2D eigenvalue weighted by Crippen LogP contribution is -2.54. The molecule has 0 bridgehead atoms. The number of nitrogens with zero attached hydrogens (tertiary/aromatic N) is 2. The summed E-state index contributed by atoms with van der Waals surface area (Å²) < 4.78 is 15.9. The van der Waals surface area contributed by atoms with Gasteiger partial charge in [0.1, 0.15) is 11.4 Å². The van der Waals surface area contributed by atoms with Crippen molar-refractivity contribution in [3.8, 4) is 0 Å². The van der Waals surface area contributed by atoms with Crippen LogP contribution < -0.4 is 10.2 Å². The van der Waals surface area contributed by atoms with Crippen molar-refractivity contribution >= 4 is 29.6 Å². The fourth-order valence-corrected chi connectivity index (χ4v) is 2.70. The van der Waals surface area contributed by atoms with Crippen molar-refractivity contribution in [3.63, 3.8) is 0 Å². The molecule has 0 aliphatic carbocycles. The van der Waals surface area contributed by atoms with Gasteiger partial charge in [0.2, 0.25) is 0 Å². The molecule has 0 atom stereocenters. The highest BCUT2D eigenvalue weighted by molar-refractivity contribution is 6.39. The van der Waals surface area contributed by atoms with Gasteiger partial charge in [-0.2, -0.15) is 0 Å². The molecule has 2 aromatic rings. The number of halogens is 1. The number of hydrogen-bond acceptors (Lipinski definition) is 3. The highest BCUT2D eigenvalue weighted by Crippen LogP contribution is 2.25. The lowest BCUT2D eigenvalue weighted by molar-refractivity contribution is -0.122. The fraction of sp³-hybridized carbons (Fsp3) is 0.167. The topological polar surface area (TPSA) is 71.4 Å². The first-order valence-corrected chi connectivity index (χ1v) is 7.60. The molecule has 1 aliphatic heterocycles. The number of aryl methyl sites for hydroxylation is 1. The van der Waals surface area contributed by atoms with Crippen LogP contribution in [0.4, 0.5) is 14.9 Å². The van der Waals surface area contributed by atoms with E-state index in [0.717, 1.165) is 17.5 Å². The molecule has 1 aromatic heterocycles. The molecule has 7 heteroatoms. The summed E-state index contributed by atoms with van der Waals surface area (Å²) in [6, 6.07) is 6.25. The predicted octanol–water partition coefficient (Wildman–Crippen LogP) is 2.45. The zero-order valence-electron chi connectivity index (χ0n) is 14.0. The number of barbiturate groups is 1. The maximum atomic E-state index is 14.0. The summed E-state index contributed by atoms with van der Waals surface area (Å²) in [6.45, 7) is 3.75. The Kier molecular flexibility index (Phi) is 4.00. The number of nitrogens with one attached hydrogen (secondary N) is 1. The summed E-state index contributed by atoms with van der Waals surface area (Å²) in [5.41, 5.74) is 2.07. The van der Waals surface area contributed by atoms with E-state index in [1.165, 1.54) is 24.3 Å². The van der Waals surface area contributed by atoms with Gasteiger partial charge in [0.05, 0.1) is 5.69 Å². The van der Waals surface area contributed by atoms with Crippen LogP contribution in [0.1, 0.15) is 17.0 Å². The number of hydrogen-bond donors (Lipinski definition) is 1. The zero-order chi connectivity index (χ0) is 18.3. The Morgan fingerprint density at radius 1 is 1.12 bits per heavy atom. The van der Waals surface area contributed by atoms with Gasteiger partial charge >= 0.3 is 6.03 Å². The highest BCUT2D eigenvalue weighted by Gasteiger charge is 2.38. The molecule has 1 fully saturated rings. The lowest BCUT2D eigenvalue weighted by atomic mass is 10.1. The van der Waals surface area contributed by atoms with Crippen LogP contribution in [0.25, 0.3) is 6.08 Å². The Bertz CT molecular complexity index is 943. The number of amides is 4. The third-order valence-electron chi connectivity index (χ3n) is 4.31. The lowest BCUT2D eigenvalue weighted by Gasteiger charge is -2.26. The van der Waals surface area contributed by atoms with E-state index in [0.29, 0.717) is 10.5 Å². The van der Waals surface area contributed by atoms with Gasteiger partial charge in [-0.1, -0.05) is 12.1 Å². The number of imide groups is 2. The van der Waals surface area contributed by atoms with Crippen LogP contribution in [0.2, 0.25) is 0 Å². The summed E-state index contributed by atoms with van der Waals surface area (Å²) in [7, 11) is 1.87. The van der Waals surface area contributed by atoms with E-state index in [4.69, 9.17) is 0 Å². The van der Waals surface area contributed by atoms with Crippen molar-refractivity contribution in [3.05, 3.63) is 58.7 Å². The van der Waals surface area contributed by atoms with E-state index in [9.17, 15) is 18.8 Å². The SMILES string of the molecule is Cc1cc(/C=C2\C(=O)NC(=O)N(c3ccccc3F)C2=O)c(C)n1C. The number of carbonyl (C=O) groups is 3. The summed E-state index contributed by atoms with van der Waals surface area (Å²) in [4.78, 5) is 37.5. The van der Waals surface area contributed by atoms with Crippen molar-refractivity contribution in [1.29, 1.82) is 0 Å². The molecule has 1 aromatic carbocycles. The molecule has 2 heterocycles. The Balaban J connectivity index is 2.08. The van der Waals surface area contributed by atoms with Crippen LogP contribution in [0.3, 0.4) is 0 Å². The molecule has 3 rings (SSSR count). The largest absolute Gasteiger partial charge is 0.352 e. The first-order valence-electron chi connectivity index (χ1n) is 7.60. The molecule has 0 radical (unpaired) electrons. The second-order valence-electron chi connectivity index (χ2n) is 5.79. The normalized spacial score (nSPS) is 16.6. The molecule has 4 amide bonds. The monoisotopic (exact) mass is 341 g/mol. The molecule has 0 spiro atoms. The smallest absolute Gasteiger partial charge is 0.336 e. The number of para-hydroxylation sites is 1. The summed E-state index contributed by atoms with van der Waals surface area (Å²) in [5, 5.41) is 2.08. The van der Waals surface area contributed by atoms with E-state index in [1.54, 1.807) is 0 Å². The fourth-order valence-electron chi connectivity index (χ4n) is 2.70. The number of benzene rings is 1. The van der Waals surface area contributed by atoms with Gasteiger partial charge in [-0.05, 0) is 43.7 Å². The Labute approximate surface area is 143 Å². The van der Waals surface area contributed by atoms with Crippen LogP contribution in [0, 0.1) is 19.7 Å². The molecule has 1 saturated heterocycles. The van der Waals surface area contributed by atoms with Crippen LogP contribution >= 0.6 is 0 Å². The van der Waals surface area contributed by atoms with E-state index in [-0.39, 0.29) is 11.3 Å². The molecular formula is C18H16FN3O3. The van der Waals surface area contributed by atoms with Crippen molar-refractivity contribution in [2.75, 3.05) is 4.90 Å². The van der Waals surface area contributed by atoms with Crippen LogP contribution in [-0.2, 0) is 16.6 Å². The second kappa shape index (κ2) is 6.01. The Morgan fingerprint density at radius 3 is 2.40 bits per heavy atom. The van der Waals surface area contributed by atoms with Gasteiger partial charge in [-0.3, -0.25) is 14.9 Å². The minimum Gasteiger partial charge on any atom is -0.352 e. The molecule has 0 saturated carbocycles. The van der Waals surface area contributed by atoms with Crippen LogP contribution in [0.15, 0.2) is 35.9 Å². The van der Waals surface area contributed by atoms with Crippen molar-refractivity contribution in [1.82, 2.24) is 9.88 Å². The molecule has 1 aliphatic rings. The minimum absolute atomic E-state index is 0.204. The third-order valence-corrected chi connectivity index (χ3v) is 4.31. The number of carbonyl (C=O) groups excluding carboxylic acids is 3. The van der Waals surface area contributed by atoms with Gasteiger partial charge in [0.15, 0.2) is 0 Å². The molecule has 0 unspecified atom stereocenters. The molecule has 25 heavy (non-hydrogen) atoms. The average molecular weight is 341 g/mol. The number of aromatic nitrogens is 1. The van der Waals surface area contributed by atoms with Crippen LogP contribution in [0.5, 0.6) is 0 Å². The molecule has 128 valence electrons. The van der Waals surface area contributed by atoms with Crippen molar-refractivity contribution < 1.29 is 18.8 Å². The third kappa shape index (κ3) is 2.73. The first-order chi connectivity index (χ1) is 11.8. The van der Waals surface area contributed by atoms with E-state index in [1.807, 2.05) is 31.5 Å². The number of anilines is 1. The van der Waals surface area contributed by atoms with Gasteiger partial charge in [-0.15, -0.1) is 0 Å². The first kappa shape index (κ1) is 16.6. The summed E-state index contributed by atoms with van der Waals surface area (Å²) in [6.07, 6.45) is 1.42. The summed E-state index contributed by atoms with van der Waals surface area (Å²) in [5.74, 6) is -2.39. The Hall–Kier alpha value is -3.22. The molecular weight excluding hydrogens is 325 g/mol. The van der Waals surface area contributed by atoms with E-state index >= 15 is 0 Å². The predicted molar refractivity (Wildman–Crippen MR) is 90.3 cm³/mol. The van der Waals surface area contributed by atoms with Crippen molar-refractivity contribution in [2.24, 2.45) is 7.05 Å². The average Bonchev–Trinajstić information content (AvgIpc) is 2.80. The van der Waals surface area contributed by atoms with Gasteiger partial charge in [0.25, 0.3) is 11.8 Å². The molecule has 6 nitrogen and oxygen atoms in total. The van der Waals surface area contributed by atoms with Crippen molar-refractivity contribution in [2.45, 2.75) is 13.8 Å². The summed E-state index contributed by atoms with van der Waals surface area (Å²) >= 11 is 0. The Morgan fingerprint density at radius 2 is 1.80 bits per heavy atom. The van der Waals surface area contributed by atoms with Crippen LogP contribution in [-0.4, -0.2) is 22.4 Å². The number of rotatable bonds is 2. The zero-order valence-corrected chi connectivity index (χ0v) is 14.0. The standard InChI is InChI=1S/C18H16FN3O3/c1-10-8-12(11(2)21(10)3)9-13-16(23)20-18(25)22(17(13)24)15-7-5-4-6-14(15)19/h4-9H,1-3H3,(H,20,23,25)/b13-9+. The van der Waals surface area contributed by atoms with E-state index in [2.05, 4.69) is 5.32 Å². The quantitative estimate of drug-likeness (QED) is 0.674. The second-order valence-corrected chi connectivity index (χ2v) is 5.79. The van der Waals surface area contributed by atoms with Gasteiger partial charge < -0.3 is 4.57 Å². The molecule has 1 N–H and O–H groups in total. The van der Waals surface area contributed by atoms with E-state index < -0.39 is 23.7 Å². The van der Waals surface area contributed by atoms with Gasteiger partial charge in [-0.25, -0.2) is 14.1 Å². The number of urea groups is 1. The maximum Gasteiger partial charge on any atom is 0.336 e. The maximum absolute atomic E-state index is 14.0. The highest BCUT2D eigenvalue weighted by atomic mass is 19.1. The van der Waals surface area contributed by atoms with Gasteiger partial charge in [0, 0.05) is 18.4 Å².